The molecule has 1 aliphatic heterocycles. The number of nitrogens with zero attached hydrogens (tertiary/aromatic N) is 2. The summed E-state index contributed by atoms with van der Waals surface area (Å²) in [6, 6.07) is 8.59. The van der Waals surface area contributed by atoms with Crippen LogP contribution in [0, 0.1) is 0 Å². The Morgan fingerprint density at radius 1 is 1.28 bits per heavy atom. The van der Waals surface area contributed by atoms with E-state index >= 15 is 0 Å². The second kappa shape index (κ2) is 4.59. The minimum Gasteiger partial charge on any atom is -0.350 e. The summed E-state index contributed by atoms with van der Waals surface area (Å²) in [7, 11) is 2.11. The zero-order chi connectivity index (χ0) is 12.5. The van der Waals surface area contributed by atoms with Crippen molar-refractivity contribution in [1.82, 2.24) is 9.47 Å². The molecule has 0 fully saturated rings. The molecule has 0 saturated carbocycles. The van der Waals surface area contributed by atoms with Gasteiger partial charge in [0.05, 0.1) is 0 Å². The van der Waals surface area contributed by atoms with Crippen LogP contribution in [-0.2, 0) is 7.05 Å². The molecule has 0 atom stereocenters. The number of para-hydroxylation sites is 1. The average molecular weight is 241 g/mol. The molecule has 0 bridgehead atoms. The van der Waals surface area contributed by atoms with Crippen molar-refractivity contribution in [2.24, 2.45) is 12.8 Å². The molecule has 3 nitrogen and oxygen atoms in total. The van der Waals surface area contributed by atoms with E-state index in [1.54, 1.807) is 0 Å². The van der Waals surface area contributed by atoms with E-state index in [0.29, 0.717) is 6.67 Å². The molecule has 94 valence electrons. The summed E-state index contributed by atoms with van der Waals surface area (Å²) in [5.74, 6) is 0. The molecule has 0 spiro atoms. The van der Waals surface area contributed by atoms with Crippen molar-refractivity contribution in [3.05, 3.63) is 42.1 Å². The third-order valence-electron chi connectivity index (χ3n) is 3.79. The Balaban J connectivity index is 2.03. The van der Waals surface area contributed by atoms with Crippen molar-refractivity contribution in [3.8, 4) is 0 Å². The molecule has 0 unspecified atom stereocenters. The lowest BCUT2D eigenvalue weighted by Gasteiger charge is -2.24. The second-order valence-electron chi connectivity index (χ2n) is 4.91. The molecule has 2 N–H and O–H groups in total. The Labute approximate surface area is 107 Å². The Bertz CT molecular complexity index is 595. The third kappa shape index (κ3) is 1.85. The maximum atomic E-state index is 5.67. The zero-order valence-electron chi connectivity index (χ0n) is 10.8. The van der Waals surface area contributed by atoms with Crippen LogP contribution >= 0.6 is 0 Å². The summed E-state index contributed by atoms with van der Waals surface area (Å²) in [6.45, 7) is 2.68. The molecular formula is C15H19N3. The zero-order valence-corrected chi connectivity index (χ0v) is 10.8. The van der Waals surface area contributed by atoms with Crippen molar-refractivity contribution in [2.45, 2.75) is 6.42 Å². The molecule has 1 aliphatic rings. The minimum absolute atomic E-state index is 0.652. The first-order valence-electron chi connectivity index (χ1n) is 6.45. The quantitative estimate of drug-likeness (QED) is 0.874. The van der Waals surface area contributed by atoms with Crippen LogP contribution in [0.3, 0.4) is 0 Å². The summed E-state index contributed by atoms with van der Waals surface area (Å²) in [5.41, 5.74) is 9.81. The SMILES string of the molecule is Cn1cc(C2=CCN(CN)CC2)c2ccccc21. The Morgan fingerprint density at radius 2 is 2.11 bits per heavy atom. The fourth-order valence-electron chi connectivity index (χ4n) is 2.72. The Kier molecular flexibility index (Phi) is 2.94. The van der Waals surface area contributed by atoms with Crippen molar-refractivity contribution in [3.63, 3.8) is 0 Å². The van der Waals surface area contributed by atoms with E-state index in [1.165, 1.54) is 22.0 Å². The molecule has 3 heteroatoms. The van der Waals surface area contributed by atoms with Gasteiger partial charge in [-0.2, -0.15) is 0 Å². The van der Waals surface area contributed by atoms with Crippen molar-refractivity contribution in [2.75, 3.05) is 19.8 Å². The molecule has 0 aliphatic carbocycles. The highest BCUT2D eigenvalue weighted by atomic mass is 15.2. The van der Waals surface area contributed by atoms with Crippen LogP contribution in [0.1, 0.15) is 12.0 Å². The van der Waals surface area contributed by atoms with E-state index in [1.807, 2.05) is 0 Å². The van der Waals surface area contributed by atoms with Crippen molar-refractivity contribution in [1.29, 1.82) is 0 Å². The van der Waals surface area contributed by atoms with Gasteiger partial charge in [-0.25, -0.2) is 0 Å². The fourth-order valence-corrected chi connectivity index (χ4v) is 2.72. The van der Waals surface area contributed by atoms with Crippen LogP contribution in [0.15, 0.2) is 36.5 Å². The monoisotopic (exact) mass is 241 g/mol. The lowest BCUT2D eigenvalue weighted by molar-refractivity contribution is 0.311. The van der Waals surface area contributed by atoms with Gasteiger partial charge >= 0.3 is 0 Å². The first kappa shape index (κ1) is 11.5. The van der Waals surface area contributed by atoms with Gasteiger partial charge in [0, 0.05) is 49.5 Å². The first-order chi connectivity index (χ1) is 8.79. The molecule has 2 aromatic rings. The summed E-state index contributed by atoms with van der Waals surface area (Å²) in [4.78, 5) is 2.26. The van der Waals surface area contributed by atoms with E-state index in [9.17, 15) is 0 Å². The molecule has 0 saturated heterocycles. The highest BCUT2D eigenvalue weighted by Gasteiger charge is 2.15. The molecule has 3 rings (SSSR count). The number of nitrogens with two attached hydrogens (primary N) is 1. The number of rotatable bonds is 2. The van der Waals surface area contributed by atoms with Crippen LogP contribution in [0.5, 0.6) is 0 Å². The van der Waals surface area contributed by atoms with Crippen molar-refractivity contribution < 1.29 is 0 Å². The second-order valence-corrected chi connectivity index (χ2v) is 4.91. The first-order valence-corrected chi connectivity index (χ1v) is 6.45. The summed E-state index contributed by atoms with van der Waals surface area (Å²) >= 11 is 0. The van der Waals surface area contributed by atoms with Crippen molar-refractivity contribution >= 4 is 16.5 Å². The highest BCUT2D eigenvalue weighted by molar-refractivity contribution is 5.93. The molecule has 0 amide bonds. The summed E-state index contributed by atoms with van der Waals surface area (Å²) in [5, 5.41) is 1.35. The van der Waals surface area contributed by atoms with E-state index < -0.39 is 0 Å². The summed E-state index contributed by atoms with van der Waals surface area (Å²) in [6.07, 6.45) is 5.65. The number of aryl methyl sites for hydroxylation is 1. The van der Waals surface area contributed by atoms with E-state index in [2.05, 4.69) is 53.1 Å². The predicted octanol–water partition coefficient (Wildman–Crippen LogP) is 2.18. The average Bonchev–Trinajstić information content (AvgIpc) is 2.77. The standard InChI is InChI=1S/C15H19N3/c1-17-10-14(13-4-2-3-5-15(13)17)12-6-8-18(11-16)9-7-12/h2-6,10H,7-9,11,16H2,1H3. The number of benzene rings is 1. The van der Waals surface area contributed by atoms with Gasteiger partial charge in [-0.1, -0.05) is 24.3 Å². The van der Waals surface area contributed by atoms with Gasteiger partial charge in [0.1, 0.15) is 0 Å². The van der Waals surface area contributed by atoms with E-state index in [-0.39, 0.29) is 0 Å². The van der Waals surface area contributed by atoms with Crippen LogP contribution in [0.25, 0.3) is 16.5 Å². The Hall–Kier alpha value is -1.58. The van der Waals surface area contributed by atoms with Crippen LogP contribution < -0.4 is 5.73 Å². The molecule has 2 heterocycles. The molecule has 18 heavy (non-hydrogen) atoms. The number of fused-ring (bicyclic) bond motifs is 1. The van der Waals surface area contributed by atoms with Gasteiger partial charge in [0.15, 0.2) is 0 Å². The van der Waals surface area contributed by atoms with Gasteiger partial charge < -0.3 is 10.3 Å². The molecular weight excluding hydrogens is 222 g/mol. The number of hydrogen-bond donors (Lipinski definition) is 1. The van der Waals surface area contributed by atoms with Gasteiger partial charge in [-0.15, -0.1) is 0 Å². The van der Waals surface area contributed by atoms with Crippen LogP contribution in [-0.4, -0.2) is 29.2 Å². The number of aromatic nitrogens is 1. The van der Waals surface area contributed by atoms with Gasteiger partial charge in [0.2, 0.25) is 0 Å². The van der Waals surface area contributed by atoms with E-state index in [0.717, 1.165) is 19.5 Å². The third-order valence-corrected chi connectivity index (χ3v) is 3.79. The molecule has 0 radical (unpaired) electrons. The minimum atomic E-state index is 0.652. The smallest absolute Gasteiger partial charge is 0.0484 e. The number of hydrogen-bond acceptors (Lipinski definition) is 2. The topological polar surface area (TPSA) is 34.2 Å². The Morgan fingerprint density at radius 3 is 2.83 bits per heavy atom. The predicted molar refractivity (Wildman–Crippen MR) is 76.1 cm³/mol. The van der Waals surface area contributed by atoms with Crippen LogP contribution in [0.4, 0.5) is 0 Å². The van der Waals surface area contributed by atoms with Gasteiger partial charge in [-0.05, 0) is 18.1 Å². The summed E-state index contributed by atoms with van der Waals surface area (Å²) < 4.78 is 2.21. The maximum absolute atomic E-state index is 5.67. The largest absolute Gasteiger partial charge is 0.350 e. The van der Waals surface area contributed by atoms with Crippen LogP contribution in [0.2, 0.25) is 0 Å². The van der Waals surface area contributed by atoms with Gasteiger partial charge in [-0.3, -0.25) is 4.90 Å². The van der Waals surface area contributed by atoms with Gasteiger partial charge in [0.25, 0.3) is 0 Å². The van der Waals surface area contributed by atoms with E-state index in [4.69, 9.17) is 5.73 Å². The maximum Gasteiger partial charge on any atom is 0.0484 e. The normalized spacial score (nSPS) is 17.1. The molecule has 1 aromatic carbocycles. The molecule has 1 aromatic heterocycles. The highest BCUT2D eigenvalue weighted by Crippen LogP contribution is 2.30. The lowest BCUT2D eigenvalue weighted by Crippen LogP contribution is -2.33. The lowest BCUT2D eigenvalue weighted by atomic mass is 9.99. The fraction of sp³-hybridized carbons (Fsp3) is 0.333.